The van der Waals surface area contributed by atoms with Crippen molar-refractivity contribution in [3.63, 3.8) is 0 Å². The minimum atomic E-state index is -0.248. The van der Waals surface area contributed by atoms with Crippen molar-refractivity contribution in [2.24, 2.45) is 4.99 Å². The fourth-order valence-corrected chi connectivity index (χ4v) is 3.53. The summed E-state index contributed by atoms with van der Waals surface area (Å²) in [6.07, 6.45) is 4.40. The summed E-state index contributed by atoms with van der Waals surface area (Å²) in [5.74, 6) is 1.41. The van der Waals surface area contributed by atoms with Gasteiger partial charge in [0.25, 0.3) is 0 Å². The molecule has 0 amide bonds. The Kier molecular flexibility index (Phi) is 8.36. The van der Waals surface area contributed by atoms with Gasteiger partial charge < -0.3 is 24.4 Å². The van der Waals surface area contributed by atoms with Gasteiger partial charge in [-0.25, -0.2) is 4.39 Å². The number of aliphatic imine (C=N–C) groups is 1. The van der Waals surface area contributed by atoms with E-state index in [1.54, 1.807) is 12.1 Å². The molecule has 156 valence electrons. The van der Waals surface area contributed by atoms with Crippen molar-refractivity contribution in [3.05, 3.63) is 30.1 Å². The highest BCUT2D eigenvalue weighted by molar-refractivity contribution is 5.80. The Hall–Kier alpha value is -1.86. The van der Waals surface area contributed by atoms with Crippen molar-refractivity contribution in [1.29, 1.82) is 0 Å². The van der Waals surface area contributed by atoms with Gasteiger partial charge in [0, 0.05) is 32.8 Å². The Labute approximate surface area is 167 Å². The molecule has 1 N–H and O–H groups in total. The van der Waals surface area contributed by atoms with Gasteiger partial charge in [-0.2, -0.15) is 0 Å². The normalized spacial score (nSPS) is 23.1. The van der Waals surface area contributed by atoms with Crippen LogP contribution < -0.4 is 10.1 Å². The molecule has 2 aliphatic heterocycles. The van der Waals surface area contributed by atoms with Crippen molar-refractivity contribution in [2.45, 2.75) is 44.8 Å². The summed E-state index contributed by atoms with van der Waals surface area (Å²) >= 11 is 0. The molecule has 2 fully saturated rings. The van der Waals surface area contributed by atoms with Gasteiger partial charge in [0.2, 0.25) is 0 Å². The van der Waals surface area contributed by atoms with Crippen molar-refractivity contribution in [1.82, 2.24) is 10.2 Å². The summed E-state index contributed by atoms with van der Waals surface area (Å²) < 4.78 is 30.3. The monoisotopic (exact) mass is 393 g/mol. The van der Waals surface area contributed by atoms with Crippen LogP contribution in [0.1, 0.15) is 32.6 Å². The molecule has 0 aromatic heterocycles. The van der Waals surface area contributed by atoms with E-state index in [1.165, 1.54) is 12.1 Å². The van der Waals surface area contributed by atoms with Crippen LogP contribution in [0, 0.1) is 5.82 Å². The van der Waals surface area contributed by atoms with E-state index in [9.17, 15) is 4.39 Å². The van der Waals surface area contributed by atoms with E-state index < -0.39 is 0 Å². The van der Waals surface area contributed by atoms with Crippen LogP contribution in [0.4, 0.5) is 4.39 Å². The zero-order chi connectivity index (χ0) is 19.6. The standard InChI is InChI=1S/C21H32FN3O3/c1-2-23-21(25-12-15-28-20(16-25)19-6-5-14-27-19)24-11-3-4-13-26-18-9-7-17(22)8-10-18/h7-10,19-20H,2-6,11-16H2,1H3,(H,23,24). The minimum absolute atomic E-state index is 0.129. The SMILES string of the molecule is CCNC(=NCCCCOc1ccc(F)cc1)N1CCOC(C2CCCO2)C1. The third kappa shape index (κ3) is 6.34. The summed E-state index contributed by atoms with van der Waals surface area (Å²) in [4.78, 5) is 7.07. The van der Waals surface area contributed by atoms with Crippen LogP contribution in [-0.2, 0) is 9.47 Å². The largest absolute Gasteiger partial charge is 0.494 e. The zero-order valence-electron chi connectivity index (χ0n) is 16.7. The van der Waals surface area contributed by atoms with E-state index in [-0.39, 0.29) is 18.0 Å². The molecule has 7 heteroatoms. The van der Waals surface area contributed by atoms with Gasteiger partial charge in [0.15, 0.2) is 5.96 Å². The number of guanidine groups is 1. The molecule has 0 bridgehead atoms. The number of benzene rings is 1. The van der Waals surface area contributed by atoms with E-state index in [1.807, 2.05) is 0 Å². The minimum Gasteiger partial charge on any atom is -0.494 e. The fourth-order valence-electron chi connectivity index (χ4n) is 3.53. The van der Waals surface area contributed by atoms with Crippen LogP contribution in [0.3, 0.4) is 0 Å². The van der Waals surface area contributed by atoms with E-state index in [0.29, 0.717) is 19.0 Å². The maximum atomic E-state index is 12.9. The van der Waals surface area contributed by atoms with E-state index in [4.69, 9.17) is 19.2 Å². The van der Waals surface area contributed by atoms with Crippen molar-refractivity contribution in [3.8, 4) is 5.75 Å². The van der Waals surface area contributed by atoms with Crippen LogP contribution in [-0.4, -0.2) is 69.1 Å². The molecule has 2 saturated heterocycles. The summed E-state index contributed by atoms with van der Waals surface area (Å²) in [7, 11) is 0. The quantitative estimate of drug-likeness (QED) is 0.418. The van der Waals surface area contributed by atoms with Crippen molar-refractivity contribution < 1.29 is 18.6 Å². The molecule has 3 rings (SSSR count). The Morgan fingerprint density at radius 2 is 2.04 bits per heavy atom. The number of hydrogen-bond donors (Lipinski definition) is 1. The molecule has 0 saturated carbocycles. The lowest BCUT2D eigenvalue weighted by atomic mass is 10.1. The number of nitrogens with one attached hydrogen (secondary N) is 1. The molecule has 6 nitrogen and oxygen atoms in total. The number of morpholine rings is 1. The Bertz CT molecular complexity index is 605. The van der Waals surface area contributed by atoms with Crippen LogP contribution >= 0.6 is 0 Å². The molecule has 0 aliphatic carbocycles. The molecular weight excluding hydrogens is 361 g/mol. The number of hydrogen-bond acceptors (Lipinski definition) is 4. The van der Waals surface area contributed by atoms with Gasteiger partial charge in [0.1, 0.15) is 17.7 Å². The fraction of sp³-hybridized carbons (Fsp3) is 0.667. The summed E-state index contributed by atoms with van der Waals surface area (Å²) in [5, 5.41) is 3.40. The highest BCUT2D eigenvalue weighted by atomic mass is 19.1. The maximum absolute atomic E-state index is 12.9. The summed E-state index contributed by atoms with van der Waals surface area (Å²) in [6, 6.07) is 6.13. The first-order valence-electron chi connectivity index (χ1n) is 10.4. The van der Waals surface area contributed by atoms with E-state index in [2.05, 4.69) is 17.1 Å². The Morgan fingerprint density at radius 1 is 1.21 bits per heavy atom. The van der Waals surface area contributed by atoms with Crippen LogP contribution in [0.25, 0.3) is 0 Å². The maximum Gasteiger partial charge on any atom is 0.194 e. The van der Waals surface area contributed by atoms with Gasteiger partial charge >= 0.3 is 0 Å². The van der Waals surface area contributed by atoms with Crippen LogP contribution in [0.2, 0.25) is 0 Å². The van der Waals surface area contributed by atoms with Gasteiger partial charge in [-0.3, -0.25) is 4.99 Å². The highest BCUT2D eigenvalue weighted by Gasteiger charge is 2.32. The number of halogens is 1. The van der Waals surface area contributed by atoms with Crippen LogP contribution in [0.5, 0.6) is 5.75 Å². The number of ether oxygens (including phenoxy) is 3. The van der Waals surface area contributed by atoms with Gasteiger partial charge in [-0.1, -0.05) is 0 Å². The van der Waals surface area contributed by atoms with E-state index >= 15 is 0 Å². The molecule has 2 unspecified atom stereocenters. The Morgan fingerprint density at radius 3 is 2.79 bits per heavy atom. The van der Waals surface area contributed by atoms with Gasteiger partial charge in [-0.05, 0) is 56.9 Å². The highest BCUT2D eigenvalue weighted by Crippen LogP contribution is 2.21. The first-order valence-corrected chi connectivity index (χ1v) is 10.4. The lowest BCUT2D eigenvalue weighted by Crippen LogP contribution is -2.53. The molecule has 0 spiro atoms. The second-order valence-corrected chi connectivity index (χ2v) is 7.15. The lowest BCUT2D eigenvalue weighted by Gasteiger charge is -2.37. The Balaban J connectivity index is 1.41. The lowest BCUT2D eigenvalue weighted by molar-refractivity contribution is -0.0817. The third-order valence-electron chi connectivity index (χ3n) is 5.00. The number of rotatable bonds is 8. The summed E-state index contributed by atoms with van der Waals surface area (Å²) in [5.41, 5.74) is 0. The first kappa shape index (κ1) is 20.9. The van der Waals surface area contributed by atoms with Gasteiger partial charge in [0.05, 0.1) is 19.3 Å². The number of unbranched alkanes of at least 4 members (excludes halogenated alkanes) is 1. The molecule has 1 aromatic rings. The average molecular weight is 394 g/mol. The molecule has 2 atom stereocenters. The number of nitrogens with zero attached hydrogens (tertiary/aromatic N) is 2. The van der Waals surface area contributed by atoms with E-state index in [0.717, 1.165) is 64.4 Å². The predicted molar refractivity (Wildman–Crippen MR) is 107 cm³/mol. The smallest absolute Gasteiger partial charge is 0.194 e. The second-order valence-electron chi connectivity index (χ2n) is 7.15. The zero-order valence-corrected chi connectivity index (χ0v) is 16.7. The predicted octanol–water partition coefficient (Wildman–Crippen LogP) is 2.83. The molecule has 28 heavy (non-hydrogen) atoms. The average Bonchev–Trinajstić information content (AvgIpc) is 3.26. The molecule has 2 heterocycles. The third-order valence-corrected chi connectivity index (χ3v) is 5.00. The first-order chi connectivity index (χ1) is 13.8. The van der Waals surface area contributed by atoms with Crippen molar-refractivity contribution in [2.75, 3.05) is 46.0 Å². The summed E-state index contributed by atoms with van der Waals surface area (Å²) in [6.45, 7) is 7.51. The van der Waals surface area contributed by atoms with Crippen LogP contribution in [0.15, 0.2) is 29.3 Å². The van der Waals surface area contributed by atoms with Gasteiger partial charge in [-0.15, -0.1) is 0 Å². The van der Waals surface area contributed by atoms with Crippen molar-refractivity contribution >= 4 is 5.96 Å². The topological polar surface area (TPSA) is 55.3 Å². The molecule has 2 aliphatic rings. The molecule has 0 radical (unpaired) electrons. The molecular formula is C21H32FN3O3. The molecule has 1 aromatic carbocycles. The second kappa shape index (κ2) is 11.2.